The van der Waals surface area contributed by atoms with Crippen molar-refractivity contribution in [2.45, 2.75) is 44.6 Å². The Kier molecular flexibility index (Phi) is 1.71. The smallest absolute Gasteiger partial charge is 0.00895 e. The van der Waals surface area contributed by atoms with Crippen molar-refractivity contribution >= 4 is 0 Å². The van der Waals surface area contributed by atoms with E-state index in [9.17, 15) is 0 Å². The molecule has 0 heterocycles. The van der Waals surface area contributed by atoms with Crippen LogP contribution < -0.4 is 0 Å². The van der Waals surface area contributed by atoms with E-state index in [-0.39, 0.29) is 0 Å². The highest BCUT2D eigenvalue weighted by atomic mass is 15.1. The molecule has 1 spiro atoms. The quantitative estimate of drug-likeness (QED) is 0.558. The molecule has 0 aromatic carbocycles. The Bertz CT molecular complexity index is 137. The highest BCUT2D eigenvalue weighted by Gasteiger charge is 2.44. The summed E-state index contributed by atoms with van der Waals surface area (Å²) in [4.78, 5) is 2.40. The summed E-state index contributed by atoms with van der Waals surface area (Å²) in [5.41, 5.74) is 0.868. The maximum atomic E-state index is 2.40. The van der Waals surface area contributed by atoms with E-state index >= 15 is 0 Å². The minimum absolute atomic E-state index is 0.868. The average molecular weight is 153 g/mol. The predicted molar refractivity (Wildman–Crippen MR) is 47.6 cm³/mol. The van der Waals surface area contributed by atoms with Crippen LogP contribution in [-0.2, 0) is 0 Å². The van der Waals surface area contributed by atoms with Gasteiger partial charge in [0.1, 0.15) is 0 Å². The van der Waals surface area contributed by atoms with Crippen LogP contribution in [0.25, 0.3) is 0 Å². The third kappa shape index (κ3) is 1.44. The number of nitrogens with zero attached hydrogens (tertiary/aromatic N) is 1. The van der Waals surface area contributed by atoms with E-state index in [1.807, 2.05) is 0 Å². The normalized spacial score (nSPS) is 29.7. The van der Waals surface area contributed by atoms with Gasteiger partial charge >= 0.3 is 0 Å². The minimum atomic E-state index is 0.868. The lowest BCUT2D eigenvalue weighted by atomic mass is 9.83. The summed E-state index contributed by atoms with van der Waals surface area (Å²) < 4.78 is 0. The third-order valence-electron chi connectivity index (χ3n) is 3.70. The first-order valence-corrected chi connectivity index (χ1v) is 4.88. The molecule has 0 N–H and O–H groups in total. The summed E-state index contributed by atoms with van der Waals surface area (Å²) in [7, 11) is 4.44. The number of hydrogen-bond donors (Lipinski definition) is 0. The van der Waals surface area contributed by atoms with Crippen LogP contribution in [0.4, 0.5) is 0 Å². The van der Waals surface area contributed by atoms with Crippen LogP contribution in [0.3, 0.4) is 0 Å². The molecule has 0 radical (unpaired) electrons. The van der Waals surface area contributed by atoms with Crippen molar-refractivity contribution < 1.29 is 0 Å². The summed E-state index contributed by atoms with van der Waals surface area (Å²) in [5, 5.41) is 0. The molecule has 0 aromatic heterocycles. The summed E-state index contributed by atoms with van der Waals surface area (Å²) in [6, 6.07) is 0.890. The lowest BCUT2D eigenvalue weighted by Crippen LogP contribution is -2.32. The lowest BCUT2D eigenvalue weighted by molar-refractivity contribution is 0.184. The van der Waals surface area contributed by atoms with Gasteiger partial charge in [-0.15, -0.1) is 0 Å². The Labute approximate surface area is 69.8 Å². The van der Waals surface area contributed by atoms with E-state index in [0.717, 1.165) is 11.5 Å². The molecule has 0 bridgehead atoms. The van der Waals surface area contributed by atoms with E-state index in [0.29, 0.717) is 0 Å². The molecular weight excluding hydrogens is 134 g/mol. The Balaban J connectivity index is 1.84. The van der Waals surface area contributed by atoms with Gasteiger partial charge in [0.25, 0.3) is 0 Å². The molecule has 64 valence electrons. The van der Waals surface area contributed by atoms with Gasteiger partial charge in [-0.3, -0.25) is 0 Å². The van der Waals surface area contributed by atoms with Gasteiger partial charge in [-0.05, 0) is 58.0 Å². The van der Waals surface area contributed by atoms with E-state index in [2.05, 4.69) is 19.0 Å². The second-order valence-corrected chi connectivity index (χ2v) is 4.69. The van der Waals surface area contributed by atoms with Crippen molar-refractivity contribution in [1.82, 2.24) is 4.90 Å². The van der Waals surface area contributed by atoms with Crippen molar-refractivity contribution in [3.05, 3.63) is 0 Å². The van der Waals surface area contributed by atoms with Gasteiger partial charge in [0.05, 0.1) is 0 Å². The molecule has 11 heavy (non-hydrogen) atoms. The first-order valence-electron chi connectivity index (χ1n) is 4.88. The highest BCUT2D eigenvalue weighted by molar-refractivity contribution is 4.97. The first-order chi connectivity index (χ1) is 5.22. The second kappa shape index (κ2) is 2.48. The summed E-state index contributed by atoms with van der Waals surface area (Å²) in [6.07, 6.45) is 8.99. The summed E-state index contributed by atoms with van der Waals surface area (Å²) in [6.45, 7) is 0. The lowest BCUT2D eigenvalue weighted by Gasteiger charge is -2.32. The van der Waals surface area contributed by atoms with Gasteiger partial charge in [0.15, 0.2) is 0 Å². The largest absolute Gasteiger partial charge is 0.306 e. The molecule has 0 unspecified atom stereocenters. The van der Waals surface area contributed by atoms with Crippen LogP contribution in [0.15, 0.2) is 0 Å². The molecule has 0 atom stereocenters. The summed E-state index contributed by atoms with van der Waals surface area (Å²) >= 11 is 0. The van der Waals surface area contributed by atoms with Crippen molar-refractivity contribution in [3.63, 3.8) is 0 Å². The molecule has 2 aliphatic carbocycles. The minimum Gasteiger partial charge on any atom is -0.306 e. The van der Waals surface area contributed by atoms with E-state index in [4.69, 9.17) is 0 Å². The van der Waals surface area contributed by atoms with E-state index < -0.39 is 0 Å². The number of rotatable bonds is 1. The molecule has 2 aliphatic rings. The standard InChI is InChI=1S/C10H19N/c1-11(2)9-3-5-10(6-4-9)7-8-10/h9H,3-8H2,1-2H3. The Morgan fingerprint density at radius 2 is 1.55 bits per heavy atom. The van der Waals surface area contributed by atoms with Crippen LogP contribution in [0, 0.1) is 5.41 Å². The molecule has 0 aromatic rings. The predicted octanol–water partition coefficient (Wildman–Crippen LogP) is 2.27. The van der Waals surface area contributed by atoms with Crippen LogP contribution in [0.2, 0.25) is 0 Å². The topological polar surface area (TPSA) is 3.24 Å². The molecule has 1 heteroatoms. The number of hydrogen-bond acceptors (Lipinski definition) is 1. The van der Waals surface area contributed by atoms with Crippen molar-refractivity contribution in [3.8, 4) is 0 Å². The third-order valence-corrected chi connectivity index (χ3v) is 3.70. The van der Waals surface area contributed by atoms with Gasteiger partial charge in [-0.2, -0.15) is 0 Å². The monoisotopic (exact) mass is 153 g/mol. The average Bonchev–Trinajstić information content (AvgIpc) is 2.70. The molecule has 1 nitrogen and oxygen atoms in total. The van der Waals surface area contributed by atoms with Crippen LogP contribution >= 0.6 is 0 Å². The maximum Gasteiger partial charge on any atom is 0.00895 e. The van der Waals surface area contributed by atoms with Gasteiger partial charge in [-0.25, -0.2) is 0 Å². The van der Waals surface area contributed by atoms with Crippen LogP contribution in [-0.4, -0.2) is 25.0 Å². The van der Waals surface area contributed by atoms with Gasteiger partial charge in [-0.1, -0.05) is 0 Å². The zero-order chi connectivity index (χ0) is 7.90. The highest BCUT2D eigenvalue weighted by Crippen LogP contribution is 2.56. The molecule has 0 amide bonds. The molecule has 2 saturated carbocycles. The van der Waals surface area contributed by atoms with E-state index in [1.165, 1.54) is 38.5 Å². The van der Waals surface area contributed by atoms with Crippen LogP contribution in [0.1, 0.15) is 38.5 Å². The molecule has 0 aliphatic heterocycles. The molecule has 2 rings (SSSR count). The van der Waals surface area contributed by atoms with Gasteiger partial charge in [0, 0.05) is 6.04 Å². The molecule has 0 saturated heterocycles. The van der Waals surface area contributed by atoms with Gasteiger partial charge in [0.2, 0.25) is 0 Å². The van der Waals surface area contributed by atoms with Gasteiger partial charge < -0.3 is 4.90 Å². The first kappa shape index (κ1) is 7.60. The van der Waals surface area contributed by atoms with Crippen molar-refractivity contribution in [2.24, 2.45) is 5.41 Å². The van der Waals surface area contributed by atoms with E-state index in [1.54, 1.807) is 0 Å². The fraction of sp³-hybridized carbons (Fsp3) is 1.00. The Morgan fingerprint density at radius 1 is 1.00 bits per heavy atom. The Morgan fingerprint density at radius 3 is 1.91 bits per heavy atom. The molecular formula is C10H19N. The zero-order valence-corrected chi connectivity index (χ0v) is 7.77. The van der Waals surface area contributed by atoms with Crippen molar-refractivity contribution in [2.75, 3.05) is 14.1 Å². The Hall–Kier alpha value is -0.0400. The van der Waals surface area contributed by atoms with Crippen molar-refractivity contribution in [1.29, 1.82) is 0 Å². The van der Waals surface area contributed by atoms with Crippen LogP contribution in [0.5, 0.6) is 0 Å². The zero-order valence-electron chi connectivity index (χ0n) is 7.77. The fourth-order valence-corrected chi connectivity index (χ4v) is 2.41. The second-order valence-electron chi connectivity index (χ2n) is 4.69. The SMILES string of the molecule is CN(C)C1CCC2(CC1)CC2. The maximum absolute atomic E-state index is 2.40. The fourth-order valence-electron chi connectivity index (χ4n) is 2.41. The summed E-state index contributed by atoms with van der Waals surface area (Å²) in [5.74, 6) is 0. The molecule has 2 fully saturated rings.